The second-order valence-electron chi connectivity index (χ2n) is 6.67. The zero-order chi connectivity index (χ0) is 18.8. The topological polar surface area (TPSA) is 96.5 Å². The number of amides is 3. The first kappa shape index (κ1) is 17.1. The molecule has 1 heterocycles. The van der Waals surface area contributed by atoms with Gasteiger partial charge in [-0.2, -0.15) is 0 Å². The van der Waals surface area contributed by atoms with Crippen LogP contribution in [0.4, 0.5) is 11.4 Å². The Hall–Kier alpha value is -3.35. The van der Waals surface area contributed by atoms with Crippen LogP contribution in [-0.4, -0.2) is 29.9 Å². The molecule has 0 unspecified atom stereocenters. The van der Waals surface area contributed by atoms with Crippen molar-refractivity contribution in [1.29, 1.82) is 0 Å². The Morgan fingerprint density at radius 1 is 1.11 bits per heavy atom. The molecular formula is C20H19N3O4. The summed E-state index contributed by atoms with van der Waals surface area (Å²) in [5.74, 6) is -0.343. The first-order chi connectivity index (χ1) is 13.1. The van der Waals surface area contributed by atoms with E-state index < -0.39 is 6.10 Å². The molecule has 0 spiro atoms. The third-order valence-corrected chi connectivity index (χ3v) is 4.40. The fraction of sp³-hybridized carbons (Fsp3) is 0.250. The van der Waals surface area contributed by atoms with E-state index in [-0.39, 0.29) is 30.2 Å². The molecule has 2 aromatic rings. The summed E-state index contributed by atoms with van der Waals surface area (Å²) in [5.41, 5.74) is 1.58. The van der Waals surface area contributed by atoms with Gasteiger partial charge in [-0.25, -0.2) is 0 Å². The van der Waals surface area contributed by atoms with Crippen LogP contribution < -0.4 is 20.7 Å². The minimum atomic E-state index is -0.902. The van der Waals surface area contributed by atoms with E-state index in [0.717, 1.165) is 12.8 Å². The van der Waals surface area contributed by atoms with E-state index in [9.17, 15) is 14.4 Å². The molecule has 3 N–H and O–H groups in total. The van der Waals surface area contributed by atoms with Gasteiger partial charge in [0.15, 0.2) is 6.10 Å². The number of nitrogens with one attached hydrogen (secondary N) is 3. The molecule has 0 saturated heterocycles. The third kappa shape index (κ3) is 4.08. The van der Waals surface area contributed by atoms with E-state index in [4.69, 9.17) is 4.74 Å². The maximum Gasteiger partial charge on any atom is 0.266 e. The summed E-state index contributed by atoms with van der Waals surface area (Å²) in [4.78, 5) is 36.6. The lowest BCUT2D eigenvalue weighted by Gasteiger charge is -2.25. The molecule has 2 aliphatic rings. The number of anilines is 2. The minimum absolute atomic E-state index is 0.126. The van der Waals surface area contributed by atoms with E-state index in [0.29, 0.717) is 22.7 Å². The second kappa shape index (κ2) is 7.11. The van der Waals surface area contributed by atoms with Crippen LogP contribution in [0, 0.1) is 0 Å². The van der Waals surface area contributed by atoms with Crippen molar-refractivity contribution in [2.24, 2.45) is 0 Å². The number of ether oxygens (including phenoxy) is 1. The van der Waals surface area contributed by atoms with Gasteiger partial charge in [0.25, 0.3) is 11.8 Å². The Morgan fingerprint density at radius 3 is 2.74 bits per heavy atom. The Balaban J connectivity index is 1.38. The predicted octanol–water partition coefficient (Wildman–Crippen LogP) is 2.31. The fourth-order valence-electron chi connectivity index (χ4n) is 2.84. The van der Waals surface area contributed by atoms with Crippen molar-refractivity contribution in [1.82, 2.24) is 5.32 Å². The van der Waals surface area contributed by atoms with Gasteiger partial charge in [-0.15, -0.1) is 0 Å². The highest BCUT2D eigenvalue weighted by atomic mass is 16.5. The predicted molar refractivity (Wildman–Crippen MR) is 99.7 cm³/mol. The van der Waals surface area contributed by atoms with E-state index in [1.54, 1.807) is 48.5 Å². The average Bonchev–Trinajstić information content (AvgIpc) is 3.46. The molecule has 0 aromatic heterocycles. The van der Waals surface area contributed by atoms with Gasteiger partial charge in [0.2, 0.25) is 5.91 Å². The monoisotopic (exact) mass is 365 g/mol. The summed E-state index contributed by atoms with van der Waals surface area (Å²) >= 11 is 0. The Labute approximate surface area is 156 Å². The lowest BCUT2D eigenvalue weighted by atomic mass is 10.1. The molecule has 0 radical (unpaired) electrons. The van der Waals surface area contributed by atoms with Crippen LogP contribution in [0.1, 0.15) is 29.6 Å². The summed E-state index contributed by atoms with van der Waals surface area (Å²) < 4.78 is 5.63. The highest BCUT2D eigenvalue weighted by Crippen LogP contribution is 2.29. The molecule has 1 fully saturated rings. The Bertz CT molecular complexity index is 908. The number of fused-ring (bicyclic) bond motifs is 1. The standard InChI is InChI=1S/C20H19N3O4/c24-18(11-17-20(26)23-15-6-1-2-7-16(15)27-17)21-14-5-3-4-12(10-14)19(25)22-13-8-9-13/h1-7,10,13,17H,8-9,11H2,(H,21,24)(H,22,25)(H,23,26)/t17-/m1/s1. The van der Waals surface area contributed by atoms with Crippen LogP contribution in [0.2, 0.25) is 0 Å². The van der Waals surface area contributed by atoms with Crippen molar-refractivity contribution in [3.8, 4) is 5.75 Å². The molecule has 4 rings (SSSR count). The van der Waals surface area contributed by atoms with Crippen molar-refractivity contribution in [2.45, 2.75) is 31.4 Å². The van der Waals surface area contributed by atoms with Crippen LogP contribution in [0.3, 0.4) is 0 Å². The second-order valence-corrected chi connectivity index (χ2v) is 6.67. The maximum absolute atomic E-state index is 12.3. The molecule has 27 heavy (non-hydrogen) atoms. The number of carbonyl (C=O) groups excluding carboxylic acids is 3. The first-order valence-electron chi connectivity index (χ1n) is 8.86. The molecule has 1 atom stereocenters. The first-order valence-corrected chi connectivity index (χ1v) is 8.86. The number of hydrogen-bond acceptors (Lipinski definition) is 4. The molecular weight excluding hydrogens is 346 g/mol. The van der Waals surface area contributed by atoms with Gasteiger partial charge in [-0.1, -0.05) is 18.2 Å². The van der Waals surface area contributed by atoms with Crippen LogP contribution in [0.15, 0.2) is 48.5 Å². The van der Waals surface area contributed by atoms with E-state index >= 15 is 0 Å². The van der Waals surface area contributed by atoms with Gasteiger partial charge < -0.3 is 20.7 Å². The van der Waals surface area contributed by atoms with Gasteiger partial charge in [0.05, 0.1) is 12.1 Å². The summed E-state index contributed by atoms with van der Waals surface area (Å²) in [7, 11) is 0. The number of hydrogen-bond donors (Lipinski definition) is 3. The van der Waals surface area contributed by atoms with E-state index in [2.05, 4.69) is 16.0 Å². The number of benzene rings is 2. The minimum Gasteiger partial charge on any atom is -0.478 e. The van der Waals surface area contributed by atoms with Gasteiger partial charge in [-0.3, -0.25) is 14.4 Å². The Morgan fingerprint density at radius 2 is 1.93 bits per heavy atom. The van der Waals surface area contributed by atoms with Crippen LogP contribution in [-0.2, 0) is 9.59 Å². The number of rotatable bonds is 5. The van der Waals surface area contributed by atoms with Crippen LogP contribution in [0.5, 0.6) is 5.75 Å². The van der Waals surface area contributed by atoms with Gasteiger partial charge >= 0.3 is 0 Å². The summed E-state index contributed by atoms with van der Waals surface area (Å²) in [6.07, 6.45) is 0.989. The van der Waals surface area contributed by atoms with Gasteiger partial charge in [0.1, 0.15) is 5.75 Å². The largest absolute Gasteiger partial charge is 0.478 e. The third-order valence-electron chi connectivity index (χ3n) is 4.40. The Kier molecular flexibility index (Phi) is 4.50. The molecule has 2 aromatic carbocycles. The lowest BCUT2D eigenvalue weighted by molar-refractivity contribution is -0.128. The molecule has 0 bridgehead atoms. The maximum atomic E-state index is 12.3. The van der Waals surface area contributed by atoms with Crippen molar-refractivity contribution in [3.63, 3.8) is 0 Å². The van der Waals surface area contributed by atoms with E-state index in [1.807, 2.05) is 0 Å². The van der Waals surface area contributed by atoms with Crippen molar-refractivity contribution >= 4 is 29.1 Å². The summed E-state index contributed by atoms with van der Waals surface area (Å²) in [5, 5.41) is 8.36. The van der Waals surface area contributed by atoms with Crippen molar-refractivity contribution in [2.75, 3.05) is 10.6 Å². The van der Waals surface area contributed by atoms with Crippen LogP contribution >= 0.6 is 0 Å². The van der Waals surface area contributed by atoms with Crippen molar-refractivity contribution < 1.29 is 19.1 Å². The smallest absolute Gasteiger partial charge is 0.266 e. The summed E-state index contributed by atoms with van der Waals surface area (Å²) in [6.45, 7) is 0. The normalized spacial score (nSPS) is 17.9. The highest BCUT2D eigenvalue weighted by Gasteiger charge is 2.29. The fourth-order valence-corrected chi connectivity index (χ4v) is 2.84. The average molecular weight is 365 g/mol. The lowest BCUT2D eigenvalue weighted by Crippen LogP contribution is -2.39. The molecule has 1 saturated carbocycles. The zero-order valence-electron chi connectivity index (χ0n) is 14.5. The highest BCUT2D eigenvalue weighted by molar-refractivity contribution is 6.02. The SMILES string of the molecule is O=C(C[C@H]1Oc2ccccc2NC1=O)Nc1cccc(C(=O)NC2CC2)c1. The molecule has 3 amide bonds. The molecule has 7 nitrogen and oxygen atoms in total. The number of carbonyl (C=O) groups is 3. The number of para-hydroxylation sites is 2. The van der Waals surface area contributed by atoms with Gasteiger partial charge in [-0.05, 0) is 43.2 Å². The quantitative estimate of drug-likeness (QED) is 0.757. The van der Waals surface area contributed by atoms with Gasteiger partial charge in [0, 0.05) is 17.3 Å². The van der Waals surface area contributed by atoms with E-state index in [1.165, 1.54) is 0 Å². The zero-order valence-corrected chi connectivity index (χ0v) is 14.5. The van der Waals surface area contributed by atoms with Crippen molar-refractivity contribution in [3.05, 3.63) is 54.1 Å². The summed E-state index contributed by atoms with van der Waals surface area (Å²) in [6, 6.07) is 14.0. The van der Waals surface area contributed by atoms with Crippen LogP contribution in [0.25, 0.3) is 0 Å². The molecule has 1 aliphatic carbocycles. The molecule has 138 valence electrons. The molecule has 7 heteroatoms. The molecule has 1 aliphatic heterocycles.